The van der Waals surface area contributed by atoms with Crippen LogP contribution in [0.3, 0.4) is 0 Å². The van der Waals surface area contributed by atoms with Gasteiger partial charge in [0.25, 0.3) is 5.91 Å². The van der Waals surface area contributed by atoms with Crippen LogP contribution in [0.2, 0.25) is 5.02 Å². The summed E-state index contributed by atoms with van der Waals surface area (Å²) in [5, 5.41) is 11.6. The maximum atomic E-state index is 12.8. The molecule has 7 nitrogen and oxygen atoms in total. The number of aliphatic hydroxyl groups excluding tert-OH is 1. The number of thioether (sulfide) groups is 1. The zero-order chi connectivity index (χ0) is 27.9. The van der Waals surface area contributed by atoms with Crippen molar-refractivity contribution in [3.05, 3.63) is 110 Å². The molecule has 3 aromatic rings. The van der Waals surface area contributed by atoms with Crippen LogP contribution in [0.25, 0.3) is 6.08 Å². The first-order valence-electron chi connectivity index (χ1n) is 12.0. The Bertz CT molecular complexity index is 1490. The second-order valence-electron chi connectivity index (χ2n) is 8.43. The molecule has 0 radical (unpaired) electrons. The molecule has 1 heterocycles. The molecule has 1 aliphatic heterocycles. The van der Waals surface area contributed by atoms with Crippen LogP contribution in [0, 0.1) is 6.92 Å². The van der Waals surface area contributed by atoms with Gasteiger partial charge in [0.05, 0.1) is 18.6 Å². The number of esters is 1. The molecule has 0 saturated heterocycles. The van der Waals surface area contributed by atoms with Crippen LogP contribution < -0.4 is 9.47 Å². The third kappa shape index (κ3) is 6.71. The van der Waals surface area contributed by atoms with Crippen LogP contribution in [0.4, 0.5) is 0 Å². The highest BCUT2D eigenvalue weighted by molar-refractivity contribution is 8.18. The Balaban J connectivity index is 1.62. The molecule has 0 atom stereocenters. The van der Waals surface area contributed by atoms with E-state index in [-0.39, 0.29) is 29.6 Å². The predicted octanol–water partition coefficient (Wildman–Crippen LogP) is 6.94. The zero-order valence-electron chi connectivity index (χ0n) is 21.6. The minimum absolute atomic E-state index is 0.0643. The van der Waals surface area contributed by atoms with Gasteiger partial charge in [-0.2, -0.15) is 0 Å². The molecule has 0 fully saturated rings. The van der Waals surface area contributed by atoms with Crippen LogP contribution in [-0.2, 0) is 16.1 Å². The lowest BCUT2D eigenvalue weighted by atomic mass is 10.1. The molecule has 0 bridgehead atoms. The van der Waals surface area contributed by atoms with E-state index in [4.69, 9.17) is 25.8 Å². The first kappa shape index (κ1) is 28.0. The maximum absolute atomic E-state index is 12.8. The molecular weight excluding hydrogens is 538 g/mol. The quantitative estimate of drug-likeness (QED) is 0.297. The number of carbonyl (C=O) groups excluding carboxylic acids is 2. The lowest BCUT2D eigenvalue weighted by Crippen LogP contribution is -2.14. The first-order chi connectivity index (χ1) is 18.8. The average Bonchev–Trinajstić information content (AvgIpc) is 3.23. The molecule has 0 unspecified atom stereocenters. The summed E-state index contributed by atoms with van der Waals surface area (Å²) in [6.45, 7) is 3.93. The summed E-state index contributed by atoms with van der Waals surface area (Å²) in [5.41, 5.74) is 2.72. The predicted molar refractivity (Wildman–Crippen MR) is 154 cm³/mol. The summed E-state index contributed by atoms with van der Waals surface area (Å²) < 4.78 is 16.5. The molecule has 1 N–H and O–H groups in total. The third-order valence-electron chi connectivity index (χ3n) is 5.70. The van der Waals surface area contributed by atoms with Crippen molar-refractivity contribution in [2.45, 2.75) is 20.5 Å². The number of hydrogen-bond donors (Lipinski definition) is 1. The summed E-state index contributed by atoms with van der Waals surface area (Å²) in [4.78, 5) is 29.9. The van der Waals surface area contributed by atoms with Gasteiger partial charge in [0.1, 0.15) is 23.0 Å². The Hall–Kier alpha value is -4.01. The molecule has 1 amide bonds. The second kappa shape index (κ2) is 12.7. The van der Waals surface area contributed by atoms with Crippen LogP contribution in [-0.4, -0.2) is 35.7 Å². The van der Waals surface area contributed by atoms with Gasteiger partial charge in [0.15, 0.2) is 11.5 Å². The van der Waals surface area contributed by atoms with Crippen LogP contribution in [0.15, 0.2) is 88.0 Å². The number of benzene rings is 3. The third-order valence-corrected chi connectivity index (χ3v) is 7.09. The smallest absolute Gasteiger partial charge is 0.344 e. The van der Waals surface area contributed by atoms with Gasteiger partial charge in [-0.05, 0) is 55.8 Å². The number of ether oxygens (including phenoxy) is 3. The van der Waals surface area contributed by atoms with Gasteiger partial charge in [0, 0.05) is 16.1 Å². The SMILES string of the molecule is CCOC(=O)C1=C(O)/C(=C/c2ccc(OCc3ccccc3Cl)c(OC)c2)SC1=NC(=O)c1ccc(C)cc1. The lowest BCUT2D eigenvalue weighted by molar-refractivity contribution is -0.138. The molecule has 39 heavy (non-hydrogen) atoms. The number of nitrogens with zero attached hydrogens (tertiary/aromatic N) is 1. The van der Waals surface area contributed by atoms with E-state index in [1.54, 1.807) is 61.5 Å². The number of aliphatic imine (C=N–C) groups is 1. The van der Waals surface area contributed by atoms with Gasteiger partial charge in [-0.15, -0.1) is 0 Å². The van der Waals surface area contributed by atoms with Gasteiger partial charge in [-0.1, -0.05) is 65.3 Å². The highest BCUT2D eigenvalue weighted by Crippen LogP contribution is 2.40. The molecule has 4 rings (SSSR count). The highest BCUT2D eigenvalue weighted by atomic mass is 35.5. The lowest BCUT2D eigenvalue weighted by Gasteiger charge is -2.12. The number of aryl methyl sites for hydroxylation is 1. The van der Waals surface area contributed by atoms with E-state index in [9.17, 15) is 14.7 Å². The van der Waals surface area contributed by atoms with Crippen LogP contribution in [0.5, 0.6) is 11.5 Å². The zero-order valence-corrected chi connectivity index (χ0v) is 23.1. The topological polar surface area (TPSA) is 94.4 Å². The van der Waals surface area contributed by atoms with E-state index in [1.165, 1.54) is 7.11 Å². The fourth-order valence-electron chi connectivity index (χ4n) is 3.66. The minimum Gasteiger partial charge on any atom is -0.506 e. The number of aliphatic hydroxyl groups is 1. The normalized spacial score (nSPS) is 15.1. The number of amides is 1. The van der Waals surface area contributed by atoms with Crippen molar-refractivity contribution in [1.29, 1.82) is 0 Å². The monoisotopic (exact) mass is 563 g/mol. The van der Waals surface area contributed by atoms with Crippen molar-refractivity contribution in [2.24, 2.45) is 4.99 Å². The number of halogens is 1. The highest BCUT2D eigenvalue weighted by Gasteiger charge is 2.34. The molecule has 0 aromatic heterocycles. The Kier molecular flexibility index (Phi) is 9.11. The molecule has 0 saturated carbocycles. The fraction of sp³-hybridized carbons (Fsp3) is 0.167. The molecule has 0 spiro atoms. The standard InChI is InChI=1S/C30H26ClNO6S/c1-4-37-30(35)26-27(33)25(39-29(26)32-28(34)20-12-9-18(2)10-13-20)16-19-11-14-23(24(15-19)36-3)38-17-21-7-5-6-8-22(21)31/h5-16,33H,4,17H2,1-3H3/b25-16-,32-29?. The number of methoxy groups -OCH3 is 1. The summed E-state index contributed by atoms with van der Waals surface area (Å²) in [5.74, 6) is -0.627. The Morgan fingerprint density at radius 1 is 1.05 bits per heavy atom. The molecule has 200 valence electrons. The summed E-state index contributed by atoms with van der Waals surface area (Å²) in [6, 6.07) is 19.6. The second-order valence-corrected chi connectivity index (χ2v) is 9.87. The van der Waals surface area contributed by atoms with E-state index in [0.29, 0.717) is 32.6 Å². The summed E-state index contributed by atoms with van der Waals surface area (Å²) in [7, 11) is 1.52. The maximum Gasteiger partial charge on any atom is 0.344 e. The van der Waals surface area contributed by atoms with E-state index >= 15 is 0 Å². The van der Waals surface area contributed by atoms with E-state index in [1.807, 2.05) is 25.1 Å². The van der Waals surface area contributed by atoms with Crippen LogP contribution >= 0.6 is 23.4 Å². The number of carbonyl (C=O) groups is 2. The Labute approximate surface area is 235 Å². The molecular formula is C30H26ClNO6S. The van der Waals surface area contributed by atoms with Gasteiger partial charge >= 0.3 is 5.97 Å². The van der Waals surface area contributed by atoms with Crippen molar-refractivity contribution in [3.63, 3.8) is 0 Å². The molecule has 1 aliphatic rings. The molecule has 3 aromatic carbocycles. The number of rotatable bonds is 8. The Morgan fingerprint density at radius 3 is 2.49 bits per heavy atom. The van der Waals surface area contributed by atoms with E-state index < -0.39 is 11.9 Å². The van der Waals surface area contributed by atoms with Crippen molar-refractivity contribution < 1.29 is 28.9 Å². The first-order valence-corrected chi connectivity index (χ1v) is 13.2. The van der Waals surface area contributed by atoms with Crippen molar-refractivity contribution in [1.82, 2.24) is 0 Å². The van der Waals surface area contributed by atoms with Gasteiger partial charge in [0.2, 0.25) is 0 Å². The Morgan fingerprint density at radius 2 is 1.79 bits per heavy atom. The molecule has 0 aliphatic carbocycles. The summed E-state index contributed by atoms with van der Waals surface area (Å²) in [6.07, 6.45) is 1.67. The average molecular weight is 564 g/mol. The van der Waals surface area contributed by atoms with E-state index in [2.05, 4.69) is 4.99 Å². The van der Waals surface area contributed by atoms with Gasteiger partial charge in [-0.3, -0.25) is 4.79 Å². The summed E-state index contributed by atoms with van der Waals surface area (Å²) >= 11 is 7.23. The van der Waals surface area contributed by atoms with E-state index in [0.717, 1.165) is 22.9 Å². The van der Waals surface area contributed by atoms with Crippen molar-refractivity contribution in [3.8, 4) is 11.5 Å². The minimum atomic E-state index is -0.762. The number of hydrogen-bond acceptors (Lipinski definition) is 7. The van der Waals surface area contributed by atoms with Crippen molar-refractivity contribution >= 4 is 46.4 Å². The van der Waals surface area contributed by atoms with Gasteiger partial charge < -0.3 is 19.3 Å². The fourth-order valence-corrected chi connectivity index (χ4v) is 4.86. The van der Waals surface area contributed by atoms with Crippen molar-refractivity contribution in [2.75, 3.05) is 13.7 Å². The molecule has 9 heteroatoms. The van der Waals surface area contributed by atoms with Crippen LogP contribution in [0.1, 0.15) is 34.0 Å². The largest absolute Gasteiger partial charge is 0.506 e. The van der Waals surface area contributed by atoms with Gasteiger partial charge in [-0.25, -0.2) is 9.79 Å².